The van der Waals surface area contributed by atoms with Crippen LogP contribution < -0.4 is 44.4 Å². The molecule has 4 aliphatic carbocycles. The number of nitrogens with zero attached hydrogens (tertiary/aromatic N) is 6. The van der Waals surface area contributed by atoms with Gasteiger partial charge in [0.2, 0.25) is 35.4 Å². The molecule has 9 heterocycles. The number of hydrogen-bond acceptors (Lipinski definition) is 21. The van der Waals surface area contributed by atoms with E-state index in [4.69, 9.17) is 42.6 Å². The van der Waals surface area contributed by atoms with Crippen molar-refractivity contribution in [1.29, 1.82) is 0 Å². The molecule has 139 heavy (non-hydrogen) atoms. The molecule has 0 spiro atoms. The van der Waals surface area contributed by atoms with E-state index in [0.29, 0.717) is 110 Å². The van der Waals surface area contributed by atoms with Gasteiger partial charge in [0.1, 0.15) is 94.3 Å². The standard InChI is InChI=1S/C34H41F3N3O6.C34H43F3N3O6.C33H42F2N3O6.3V/c1-17-24(16-41)40-15-26(17)45-30-27(28(35)21-10-9-19(44-5)14-23(21)38-30)34(36,37)11-7-6-8-20-22-12-18(22)13-25(20)46-32(43)39-29(31(40)42)33(2,3)4;1-19-24(18-41)40-17-25(19)45-29-26(27(35)22-13-12-21(44-6)16-23(22)38-29)34(36,37)15-8-7-10-20-11-9-14-33(20,5)46-31(43)39-28(30(40)42)32(2,3)4;1-7-21-24(17-39)38-16-26(21)43-29-27(18(2)22-12-11-20(42-6)15-23(22)36-29)33(34,35)13-9-8-10-19-14-25(19)44-31(41)37-28(30(38)40)32(3,4)5;;;/h9-10,14,17-18,20,22,24-26,29H,6-8,11-13,15H2,1-5H3,(H,39,43);12-13,16,19-20,24-25,28H,7-11,14-15,17H2,1-6H3,(H,39,43);11-12,15,19,21,24-26,28H,7-10,13-14,16H2,1-6H3,(H,37,41);;;/q3*-1;;;/t17-,18?,20+,22?,24+,25+,26-,29+;19-,20+,24+,25-,28+,33+;19-,21+,24-,25-,26+,28-;;;/m001.../s1. The number of benzene rings is 3. The van der Waals surface area contributed by atoms with Crippen LogP contribution in [0.25, 0.3) is 32.7 Å². The molecule has 6 bridgehead atoms. The fraction of sp³-hybridized carbons (Fsp3) is 0.644. The number of alkyl carbamates (subject to hydrolysis) is 3. The van der Waals surface area contributed by atoms with Gasteiger partial charge in [-0.15, -0.1) is 0 Å². The molecular weight excluding hydrogens is 1930 g/mol. The normalized spacial score (nSPS) is 30.4. The summed E-state index contributed by atoms with van der Waals surface area (Å²) in [6, 6.07) is 7.20. The Hall–Kier alpha value is -8.89. The maximum absolute atomic E-state index is 16.2. The smallest absolute Gasteiger partial charge is 0.408 e. The number of hydrogen-bond donors (Lipinski definition) is 3. The zero-order valence-corrected chi connectivity index (χ0v) is 85.8. The molecule has 3 N–H and O–H groups in total. The van der Waals surface area contributed by atoms with Crippen LogP contribution in [-0.2, 0) is 116 Å². The van der Waals surface area contributed by atoms with E-state index in [1.54, 1.807) is 80.5 Å². The fourth-order valence-corrected chi connectivity index (χ4v) is 21.5. The Morgan fingerprint density at radius 3 is 1.26 bits per heavy atom. The van der Waals surface area contributed by atoms with E-state index >= 15 is 35.1 Å². The number of nitrogens with one attached hydrogen (secondary N) is 3. The molecule has 4 saturated carbocycles. The summed E-state index contributed by atoms with van der Waals surface area (Å²) in [7, 11) is 4.36. The molecule has 6 amide bonds. The minimum absolute atomic E-state index is 0. The van der Waals surface area contributed by atoms with Crippen LogP contribution in [0.2, 0.25) is 0 Å². The van der Waals surface area contributed by atoms with Crippen molar-refractivity contribution in [2.24, 2.45) is 63.6 Å². The van der Waals surface area contributed by atoms with Gasteiger partial charge in [0.15, 0.2) is 0 Å². The summed E-state index contributed by atoms with van der Waals surface area (Å²) in [5.74, 6) is -15.7. The van der Waals surface area contributed by atoms with Crippen molar-refractivity contribution in [3.8, 4) is 34.9 Å². The molecule has 3 aromatic carbocycles. The van der Waals surface area contributed by atoms with Gasteiger partial charge in [-0.3, -0.25) is 14.4 Å². The van der Waals surface area contributed by atoms with Crippen molar-refractivity contribution in [2.45, 2.75) is 309 Å². The van der Waals surface area contributed by atoms with Crippen LogP contribution in [0.1, 0.15) is 234 Å². The molecule has 3 saturated heterocycles. The number of aryl methyl sites for hydroxylation is 1. The van der Waals surface area contributed by atoms with Gasteiger partial charge in [-0.1, -0.05) is 127 Å². The molecule has 7 fully saturated rings. The van der Waals surface area contributed by atoms with Crippen molar-refractivity contribution >= 4 is 87.6 Å². The zero-order chi connectivity index (χ0) is 98.7. The van der Waals surface area contributed by atoms with E-state index in [0.717, 1.165) is 19.3 Å². The third-order valence-electron chi connectivity index (χ3n) is 29.7. The van der Waals surface area contributed by atoms with E-state index in [9.17, 15) is 43.2 Å². The van der Waals surface area contributed by atoms with E-state index in [1.807, 2.05) is 53.5 Å². The third-order valence-corrected chi connectivity index (χ3v) is 29.7. The van der Waals surface area contributed by atoms with Gasteiger partial charge in [0, 0.05) is 109 Å². The average molecular weight is 2060 g/mol. The monoisotopic (exact) mass is 2060 g/mol. The number of amides is 6. The van der Waals surface area contributed by atoms with Crippen molar-refractivity contribution in [3.63, 3.8) is 0 Å². The fourth-order valence-electron chi connectivity index (χ4n) is 21.5. The second-order valence-corrected chi connectivity index (χ2v) is 42.1. The number of aromatic nitrogens is 3. The van der Waals surface area contributed by atoms with Crippen LogP contribution in [0.3, 0.4) is 0 Å². The Balaban J connectivity index is 0.000000198. The van der Waals surface area contributed by atoms with Gasteiger partial charge in [0.25, 0.3) is 17.8 Å². The van der Waals surface area contributed by atoms with Gasteiger partial charge in [0.05, 0.1) is 63.1 Å². The van der Waals surface area contributed by atoms with Gasteiger partial charge in [-0.2, -0.15) is 0 Å². The number of carbonyl (C=O) groups excluding carboxylic acids is 9. The van der Waals surface area contributed by atoms with E-state index in [-0.39, 0.29) is 158 Å². The largest absolute Gasteiger partial charge is 0.540 e. The quantitative estimate of drug-likeness (QED) is 0.0759. The number of rotatable bonds is 7. The van der Waals surface area contributed by atoms with Crippen LogP contribution in [-0.4, -0.2) is 198 Å². The Labute approximate surface area is 841 Å². The number of carbonyl (C=O) groups is 6. The number of ether oxygens (including phenoxy) is 9. The number of halogens is 8. The topological polar surface area (TPSA) is 321 Å². The third kappa shape index (κ3) is 23.5. The summed E-state index contributed by atoms with van der Waals surface area (Å²) in [4.78, 5) is 136. The molecule has 10 aliphatic rings. The molecule has 2 unspecified atom stereocenters. The van der Waals surface area contributed by atoms with Crippen LogP contribution in [0.4, 0.5) is 49.5 Å². The van der Waals surface area contributed by atoms with Crippen molar-refractivity contribution < 1.29 is 177 Å². The number of alkyl halides is 6. The van der Waals surface area contributed by atoms with Crippen LogP contribution in [0, 0.1) is 82.1 Å². The van der Waals surface area contributed by atoms with E-state index in [2.05, 4.69) is 30.9 Å². The van der Waals surface area contributed by atoms with Crippen LogP contribution in [0.5, 0.6) is 34.9 Å². The van der Waals surface area contributed by atoms with Gasteiger partial charge < -0.3 is 87.7 Å². The summed E-state index contributed by atoms with van der Waals surface area (Å²) in [6.07, 6.45) is 6.93. The summed E-state index contributed by atoms with van der Waals surface area (Å²) in [6.45, 7) is 24.3. The van der Waals surface area contributed by atoms with Gasteiger partial charge in [-0.05, 0) is 196 Å². The summed E-state index contributed by atoms with van der Waals surface area (Å²) >= 11 is 0. The summed E-state index contributed by atoms with van der Waals surface area (Å²) in [5, 5.41) is 8.62. The maximum Gasteiger partial charge on any atom is 0.408 e. The predicted molar refractivity (Wildman–Crippen MR) is 485 cm³/mol. The Bertz CT molecular complexity index is 5400. The predicted octanol–water partition coefficient (Wildman–Crippen LogP) is 18.2. The minimum Gasteiger partial charge on any atom is -0.540 e. The molecule has 3 aromatic heterocycles. The summed E-state index contributed by atoms with van der Waals surface area (Å²) in [5.41, 5.74) is -4.40. The minimum atomic E-state index is -3.65. The molecule has 6 aromatic rings. The Morgan fingerprint density at radius 1 is 0.446 bits per heavy atom. The first kappa shape index (κ1) is 110. The first-order chi connectivity index (χ1) is 64.1. The Kier molecular flexibility index (Phi) is 34.8. The molecule has 757 valence electrons. The number of fused-ring (bicyclic) bond motifs is 17. The molecule has 3 radical (unpaired) electrons. The van der Waals surface area contributed by atoms with Crippen molar-refractivity contribution in [2.75, 3.05) is 41.0 Å². The van der Waals surface area contributed by atoms with Crippen molar-refractivity contribution in [1.82, 2.24) is 45.6 Å². The van der Waals surface area contributed by atoms with E-state index < -0.39 is 202 Å². The molecular formula is C101H126F8N9O18V3-3. The van der Waals surface area contributed by atoms with Crippen LogP contribution >= 0.6 is 0 Å². The van der Waals surface area contributed by atoms with Crippen molar-refractivity contribution in [3.05, 3.63) is 88.5 Å². The maximum atomic E-state index is 16.2. The zero-order valence-electron chi connectivity index (χ0n) is 81.6. The van der Waals surface area contributed by atoms with Gasteiger partial charge >= 0.3 is 18.3 Å². The molecule has 27 nitrogen and oxygen atoms in total. The first-order valence-electron chi connectivity index (χ1n) is 47.6. The van der Waals surface area contributed by atoms with Gasteiger partial charge in [-0.25, -0.2) is 83.3 Å². The SMILES string of the molecule is CC[C@@H]1[C@@H]2CN(C(=O)[C@H](C(C)(C)C)NC(=O)O[C@@H]3C[C@H]3CCCCC(F)(F)c3c(nc4cc(OC)ccc4c3C)O2)[C@@H]1[C-]=O.COc1ccc2c(F)c3c(nc2c1)O[C@H]1CN(C(=O)[C@H](C(C)(C)C)NC(=O)O[C@@H]2CC4CC4[C@H]2CCCCC3(F)F)[C@H]([C-]=O)[C@@H]1C.COc1ccc2c(F)c3c(nc2c1)O[C@H]1CN(C(=O)[C@H](C(C)(C)C)NC(=O)O[C@]2(C)CCC[C@H]2CCCCC3(F)F)[C@H]([C-]=O)[C@@H]1C.[V].[V].[V]. The molecule has 38 heteroatoms. The van der Waals surface area contributed by atoms with Crippen LogP contribution in [0.15, 0.2) is 54.6 Å². The molecule has 6 aliphatic heterocycles. The van der Waals surface area contributed by atoms with E-state index in [1.165, 1.54) is 72.4 Å². The average Bonchev–Trinajstić information content (AvgIpc) is 1.57. The molecule has 16 rings (SSSR count). The Morgan fingerprint density at radius 2 is 0.820 bits per heavy atom. The second kappa shape index (κ2) is 43.7. The molecule has 20 atom stereocenters. The first-order valence-corrected chi connectivity index (χ1v) is 47.6. The number of methoxy groups -OCH3 is 3. The number of pyridine rings is 3. The summed E-state index contributed by atoms with van der Waals surface area (Å²) < 4.78 is 181. The second-order valence-electron chi connectivity index (χ2n) is 42.1.